The van der Waals surface area contributed by atoms with Gasteiger partial charge in [-0.15, -0.1) is 0 Å². The Balaban J connectivity index is 0.000000345. The van der Waals surface area contributed by atoms with Crippen molar-refractivity contribution in [2.24, 2.45) is 46.8 Å². The average molecular weight is 529 g/mol. The van der Waals surface area contributed by atoms with Crippen molar-refractivity contribution in [3.05, 3.63) is 0 Å². The van der Waals surface area contributed by atoms with E-state index in [1.165, 1.54) is 34.3 Å². The Hall–Kier alpha value is -0.990. The minimum Gasteiger partial charge on any atom is -0.469 e. The lowest BCUT2D eigenvalue weighted by Gasteiger charge is -2.46. The molecule has 36 heavy (non-hydrogen) atoms. The summed E-state index contributed by atoms with van der Waals surface area (Å²) in [6.45, 7) is 9.48. The number of esters is 1. The van der Waals surface area contributed by atoms with Gasteiger partial charge in [0.1, 0.15) is 0 Å². The second-order valence-electron chi connectivity index (χ2n) is 13.1. The predicted molar refractivity (Wildman–Crippen MR) is 124 cm³/mol. The zero-order chi connectivity index (χ0) is 27.5. The Morgan fingerprint density at radius 3 is 1.75 bits per heavy atom. The van der Waals surface area contributed by atoms with E-state index in [2.05, 4.69) is 4.74 Å². The molecule has 0 aromatic carbocycles. The van der Waals surface area contributed by atoms with Gasteiger partial charge in [0, 0.05) is 0 Å². The van der Waals surface area contributed by atoms with Crippen molar-refractivity contribution in [3.63, 3.8) is 0 Å². The molecule has 4 saturated carbocycles. The molecule has 9 heteroatoms. The molecule has 0 saturated heterocycles. The third-order valence-corrected chi connectivity index (χ3v) is 9.44. The van der Waals surface area contributed by atoms with Gasteiger partial charge >= 0.3 is 18.3 Å². The summed E-state index contributed by atoms with van der Waals surface area (Å²) in [4.78, 5) is 10.8. The lowest BCUT2D eigenvalue weighted by atomic mass is 9.65. The number of carbonyl (C=O) groups is 1. The van der Waals surface area contributed by atoms with Crippen LogP contribution in [-0.2, 0) is 14.3 Å². The second-order valence-corrected chi connectivity index (χ2v) is 13.1. The molecular weight excluding hydrogens is 486 g/mol. The molecule has 0 aromatic heterocycles. The molecule has 0 heterocycles. The van der Waals surface area contributed by atoms with E-state index in [9.17, 15) is 31.1 Å². The summed E-state index contributed by atoms with van der Waals surface area (Å²) in [7, 11) is 1.42. The summed E-state index contributed by atoms with van der Waals surface area (Å²) < 4.78 is 92.6. The molecule has 4 bridgehead atoms. The molecule has 210 valence electrons. The molecular formula is C27H42F6O3. The maximum absolute atomic E-state index is 13.9. The molecule has 7 unspecified atom stereocenters. The van der Waals surface area contributed by atoms with Gasteiger partial charge in [-0.1, -0.05) is 6.92 Å². The fourth-order valence-electron chi connectivity index (χ4n) is 7.80. The van der Waals surface area contributed by atoms with E-state index in [1.54, 1.807) is 0 Å². The standard InChI is InChI=1S/C20H28F6O.C7H14O2/c1-17(2,3)27-18(19(21,22)23,20(24,25)26)9-13-7-12-8-14(13)16-11-5-4-10(6-11)15(12)16;1-5-7(2,3)6(8)9-4/h10-16H,4-9H2,1-3H3;5H2,1-4H3. The summed E-state index contributed by atoms with van der Waals surface area (Å²) in [6.07, 6.45) is -6.41. The molecule has 4 aliphatic carbocycles. The SMILES string of the molecule is CC(C)(C)OC(CC1CC2CC1C1C3CCC(C3)C21)(C(F)(F)F)C(F)(F)F.CCC(C)(C)C(=O)OC. The summed E-state index contributed by atoms with van der Waals surface area (Å²) >= 11 is 0. The Morgan fingerprint density at radius 2 is 1.33 bits per heavy atom. The molecule has 0 amide bonds. The molecule has 0 N–H and O–H groups in total. The van der Waals surface area contributed by atoms with Crippen LogP contribution in [0, 0.1) is 46.8 Å². The average Bonchev–Trinajstić information content (AvgIpc) is 3.50. The zero-order valence-electron chi connectivity index (χ0n) is 22.5. The quantitative estimate of drug-likeness (QED) is 0.206. The molecule has 0 aliphatic heterocycles. The Bertz CT molecular complexity index is 783. The summed E-state index contributed by atoms with van der Waals surface area (Å²) in [6, 6.07) is 0. The predicted octanol–water partition coefficient (Wildman–Crippen LogP) is 7.97. The van der Waals surface area contributed by atoms with Crippen LogP contribution < -0.4 is 0 Å². The van der Waals surface area contributed by atoms with Gasteiger partial charge in [0.25, 0.3) is 5.60 Å². The molecule has 3 nitrogen and oxygen atoms in total. The Labute approximate surface area is 211 Å². The first-order chi connectivity index (χ1) is 16.3. The van der Waals surface area contributed by atoms with Crippen LogP contribution in [0.4, 0.5) is 26.3 Å². The third-order valence-electron chi connectivity index (χ3n) is 9.44. The van der Waals surface area contributed by atoms with Crippen LogP contribution in [0.15, 0.2) is 0 Å². The van der Waals surface area contributed by atoms with Crippen molar-refractivity contribution >= 4 is 5.97 Å². The van der Waals surface area contributed by atoms with E-state index in [0.717, 1.165) is 25.7 Å². The summed E-state index contributed by atoms with van der Waals surface area (Å²) in [5.74, 6) is 1.72. The molecule has 7 atom stereocenters. The highest BCUT2D eigenvalue weighted by Crippen LogP contribution is 2.70. The van der Waals surface area contributed by atoms with E-state index in [0.29, 0.717) is 36.0 Å². The number of rotatable bonds is 5. The summed E-state index contributed by atoms with van der Waals surface area (Å²) in [5.41, 5.74) is -5.94. The van der Waals surface area contributed by atoms with Crippen LogP contribution in [0.25, 0.3) is 0 Å². The van der Waals surface area contributed by atoms with Crippen molar-refractivity contribution in [1.82, 2.24) is 0 Å². The van der Waals surface area contributed by atoms with Gasteiger partial charge in [0.2, 0.25) is 0 Å². The Kier molecular flexibility index (Phi) is 7.91. The highest BCUT2D eigenvalue weighted by atomic mass is 19.4. The first-order valence-electron chi connectivity index (χ1n) is 13.2. The van der Waals surface area contributed by atoms with Crippen molar-refractivity contribution in [2.45, 2.75) is 110 Å². The van der Waals surface area contributed by atoms with Crippen molar-refractivity contribution in [1.29, 1.82) is 0 Å². The maximum atomic E-state index is 13.9. The van der Waals surface area contributed by atoms with Gasteiger partial charge in [-0.2, -0.15) is 26.3 Å². The zero-order valence-corrected chi connectivity index (χ0v) is 22.5. The van der Waals surface area contributed by atoms with Crippen LogP contribution in [-0.4, -0.2) is 36.6 Å². The largest absolute Gasteiger partial charge is 0.469 e. The van der Waals surface area contributed by atoms with E-state index in [1.807, 2.05) is 20.8 Å². The maximum Gasteiger partial charge on any atom is 0.426 e. The van der Waals surface area contributed by atoms with Gasteiger partial charge in [-0.25, -0.2) is 0 Å². The Morgan fingerprint density at radius 1 is 0.806 bits per heavy atom. The molecule has 4 aliphatic rings. The first-order valence-corrected chi connectivity index (χ1v) is 13.2. The number of fused-ring (bicyclic) bond motifs is 9. The lowest BCUT2D eigenvalue weighted by Crippen LogP contribution is -2.62. The van der Waals surface area contributed by atoms with E-state index in [-0.39, 0.29) is 17.3 Å². The molecule has 4 fully saturated rings. The van der Waals surface area contributed by atoms with Crippen LogP contribution in [0.3, 0.4) is 0 Å². The number of alkyl halides is 6. The molecule has 4 rings (SSSR count). The monoisotopic (exact) mass is 528 g/mol. The fraction of sp³-hybridized carbons (Fsp3) is 0.963. The molecule has 0 spiro atoms. The van der Waals surface area contributed by atoms with Crippen LogP contribution >= 0.6 is 0 Å². The van der Waals surface area contributed by atoms with E-state index < -0.39 is 35.9 Å². The van der Waals surface area contributed by atoms with Crippen LogP contribution in [0.1, 0.15) is 86.5 Å². The highest BCUT2D eigenvalue weighted by molar-refractivity contribution is 5.75. The van der Waals surface area contributed by atoms with E-state index in [4.69, 9.17) is 4.74 Å². The molecule has 0 radical (unpaired) electrons. The van der Waals surface area contributed by atoms with Gasteiger partial charge in [-0.3, -0.25) is 4.79 Å². The van der Waals surface area contributed by atoms with Gasteiger partial charge in [0.05, 0.1) is 18.1 Å². The normalized spacial score (nSPS) is 33.9. The van der Waals surface area contributed by atoms with Crippen molar-refractivity contribution < 1.29 is 40.6 Å². The highest BCUT2D eigenvalue weighted by Gasteiger charge is 2.75. The van der Waals surface area contributed by atoms with Crippen molar-refractivity contribution in [3.8, 4) is 0 Å². The van der Waals surface area contributed by atoms with Gasteiger partial charge in [0.15, 0.2) is 0 Å². The first kappa shape index (κ1) is 29.6. The van der Waals surface area contributed by atoms with Crippen LogP contribution in [0.2, 0.25) is 0 Å². The number of halogens is 6. The van der Waals surface area contributed by atoms with Crippen molar-refractivity contribution in [2.75, 3.05) is 7.11 Å². The number of ether oxygens (including phenoxy) is 2. The number of hydrogen-bond donors (Lipinski definition) is 0. The number of carbonyl (C=O) groups excluding carboxylic acids is 1. The van der Waals surface area contributed by atoms with Gasteiger partial charge in [-0.05, 0) is 121 Å². The fourth-order valence-corrected chi connectivity index (χ4v) is 7.80. The minimum atomic E-state index is -5.49. The number of methoxy groups -OCH3 is 1. The smallest absolute Gasteiger partial charge is 0.426 e. The second kappa shape index (κ2) is 9.64. The lowest BCUT2D eigenvalue weighted by molar-refractivity contribution is -0.404. The van der Waals surface area contributed by atoms with Gasteiger partial charge < -0.3 is 9.47 Å². The van der Waals surface area contributed by atoms with E-state index >= 15 is 0 Å². The summed E-state index contributed by atoms with van der Waals surface area (Å²) in [5, 5.41) is 0. The topological polar surface area (TPSA) is 35.5 Å². The molecule has 0 aromatic rings. The minimum absolute atomic E-state index is 0.00273. The van der Waals surface area contributed by atoms with Crippen LogP contribution in [0.5, 0.6) is 0 Å². The number of hydrogen-bond acceptors (Lipinski definition) is 3. The third kappa shape index (κ3) is 5.28.